The smallest absolute Gasteiger partial charge is 0.175 e. The lowest BCUT2D eigenvalue weighted by atomic mass is 10.2. The van der Waals surface area contributed by atoms with Crippen LogP contribution in [0.3, 0.4) is 0 Å². The van der Waals surface area contributed by atoms with Gasteiger partial charge in [0.15, 0.2) is 11.5 Å². The first-order valence-corrected chi connectivity index (χ1v) is 9.25. The first-order chi connectivity index (χ1) is 11.6. The van der Waals surface area contributed by atoms with Crippen LogP contribution in [0, 0.1) is 0 Å². The fourth-order valence-electron chi connectivity index (χ4n) is 2.29. The van der Waals surface area contributed by atoms with Gasteiger partial charge < -0.3 is 14.8 Å². The third kappa shape index (κ3) is 5.69. The molecule has 0 heterocycles. The van der Waals surface area contributed by atoms with E-state index in [0.717, 1.165) is 39.5 Å². The summed E-state index contributed by atoms with van der Waals surface area (Å²) < 4.78 is 12.3. The number of unbranched alkanes of at least 4 members (excludes halogenated alkanes) is 1. The molecule has 3 nitrogen and oxygen atoms in total. The van der Waals surface area contributed by atoms with Crippen molar-refractivity contribution in [1.82, 2.24) is 5.32 Å². The zero-order valence-corrected chi connectivity index (χ0v) is 16.4. The molecule has 0 aliphatic heterocycles. The van der Waals surface area contributed by atoms with Crippen LogP contribution in [0.15, 0.2) is 40.9 Å². The molecule has 0 bridgehead atoms. The van der Waals surface area contributed by atoms with Gasteiger partial charge in [0.05, 0.1) is 11.6 Å². The maximum atomic E-state index is 5.95. The Morgan fingerprint density at radius 1 is 1.12 bits per heavy atom. The second kappa shape index (κ2) is 9.92. The summed E-state index contributed by atoms with van der Waals surface area (Å²) in [5, 5.41) is 4.15. The van der Waals surface area contributed by atoms with Gasteiger partial charge in [-0.1, -0.05) is 37.1 Å². The highest BCUT2D eigenvalue weighted by molar-refractivity contribution is 9.10. The van der Waals surface area contributed by atoms with Gasteiger partial charge in [-0.2, -0.15) is 0 Å². The minimum absolute atomic E-state index is 0.459. The van der Waals surface area contributed by atoms with Gasteiger partial charge in [0.1, 0.15) is 6.61 Å². The van der Waals surface area contributed by atoms with E-state index >= 15 is 0 Å². The molecule has 0 radical (unpaired) electrons. The van der Waals surface area contributed by atoms with Crippen molar-refractivity contribution in [2.45, 2.75) is 32.9 Å². The largest absolute Gasteiger partial charge is 0.493 e. The lowest BCUT2D eigenvalue weighted by Crippen LogP contribution is -2.14. The zero-order valence-electron chi connectivity index (χ0n) is 14.1. The Morgan fingerprint density at radius 2 is 1.88 bits per heavy atom. The van der Waals surface area contributed by atoms with Crippen molar-refractivity contribution in [3.8, 4) is 11.5 Å². The number of rotatable bonds is 9. The molecule has 0 aliphatic carbocycles. The molecule has 0 unspecified atom stereocenters. The molecular weight excluding hydrogens is 390 g/mol. The van der Waals surface area contributed by atoms with Crippen LogP contribution < -0.4 is 14.8 Å². The summed E-state index contributed by atoms with van der Waals surface area (Å²) in [4.78, 5) is 0. The molecule has 0 atom stereocenters. The van der Waals surface area contributed by atoms with Gasteiger partial charge in [0.2, 0.25) is 0 Å². The van der Waals surface area contributed by atoms with Gasteiger partial charge in [-0.05, 0) is 64.3 Å². The van der Waals surface area contributed by atoms with Crippen LogP contribution in [-0.2, 0) is 13.2 Å². The van der Waals surface area contributed by atoms with E-state index in [1.165, 1.54) is 12.8 Å². The zero-order chi connectivity index (χ0) is 17.4. The Labute approximate surface area is 157 Å². The van der Waals surface area contributed by atoms with Crippen LogP contribution >= 0.6 is 27.5 Å². The molecule has 2 aromatic carbocycles. The van der Waals surface area contributed by atoms with Gasteiger partial charge in [-0.3, -0.25) is 0 Å². The van der Waals surface area contributed by atoms with E-state index in [4.69, 9.17) is 21.1 Å². The first kappa shape index (κ1) is 19.1. The number of halogens is 2. The topological polar surface area (TPSA) is 30.5 Å². The van der Waals surface area contributed by atoms with E-state index < -0.39 is 0 Å². The van der Waals surface area contributed by atoms with Crippen LogP contribution in [0.1, 0.15) is 30.9 Å². The third-order valence-corrected chi connectivity index (χ3v) is 4.46. The van der Waals surface area contributed by atoms with Crippen molar-refractivity contribution in [1.29, 1.82) is 0 Å². The van der Waals surface area contributed by atoms with Crippen LogP contribution in [0.2, 0.25) is 5.02 Å². The standard InChI is InChI=1S/C19H23BrClNO2/c1-3-4-9-22-12-15-10-17(20)19(18(11-15)23-2)24-13-14-5-7-16(21)8-6-14/h5-8,10-11,22H,3-4,9,12-13H2,1-2H3. The molecule has 0 saturated carbocycles. The highest BCUT2D eigenvalue weighted by Crippen LogP contribution is 2.37. The molecule has 0 aromatic heterocycles. The lowest BCUT2D eigenvalue weighted by Gasteiger charge is -2.15. The van der Waals surface area contributed by atoms with E-state index in [1.807, 2.05) is 30.3 Å². The van der Waals surface area contributed by atoms with Gasteiger partial charge in [-0.25, -0.2) is 0 Å². The van der Waals surface area contributed by atoms with Gasteiger partial charge in [0, 0.05) is 11.6 Å². The monoisotopic (exact) mass is 411 g/mol. The summed E-state index contributed by atoms with van der Waals surface area (Å²) in [5.41, 5.74) is 2.22. The maximum Gasteiger partial charge on any atom is 0.175 e. The SMILES string of the molecule is CCCCNCc1cc(Br)c(OCc2ccc(Cl)cc2)c(OC)c1. The number of benzene rings is 2. The number of methoxy groups -OCH3 is 1. The van der Waals surface area contributed by atoms with Gasteiger partial charge in [-0.15, -0.1) is 0 Å². The molecular formula is C19H23BrClNO2. The van der Waals surface area contributed by atoms with E-state index in [-0.39, 0.29) is 0 Å². The molecule has 2 rings (SSSR count). The first-order valence-electron chi connectivity index (χ1n) is 8.08. The number of hydrogen-bond acceptors (Lipinski definition) is 3. The third-order valence-electron chi connectivity index (χ3n) is 3.62. The van der Waals surface area contributed by atoms with Crippen molar-refractivity contribution in [2.75, 3.05) is 13.7 Å². The predicted molar refractivity (Wildman–Crippen MR) is 103 cm³/mol. The number of hydrogen-bond donors (Lipinski definition) is 1. The van der Waals surface area contributed by atoms with Crippen LogP contribution in [0.25, 0.3) is 0 Å². The number of ether oxygens (including phenoxy) is 2. The summed E-state index contributed by atoms with van der Waals surface area (Å²) >= 11 is 9.50. The van der Waals surface area contributed by atoms with Crippen molar-refractivity contribution in [3.63, 3.8) is 0 Å². The van der Waals surface area contributed by atoms with Gasteiger partial charge in [0.25, 0.3) is 0 Å². The Bertz CT molecular complexity index is 647. The fraction of sp³-hybridized carbons (Fsp3) is 0.368. The van der Waals surface area contributed by atoms with Crippen LogP contribution in [0.5, 0.6) is 11.5 Å². The Hall–Kier alpha value is -1.23. The molecule has 0 spiro atoms. The molecule has 5 heteroatoms. The van der Waals surface area contributed by atoms with Crippen LogP contribution in [-0.4, -0.2) is 13.7 Å². The average molecular weight is 413 g/mol. The summed E-state index contributed by atoms with van der Waals surface area (Å²) in [6, 6.07) is 11.7. The quantitative estimate of drug-likeness (QED) is 0.545. The molecule has 24 heavy (non-hydrogen) atoms. The van der Waals surface area contributed by atoms with E-state index in [1.54, 1.807) is 7.11 Å². The van der Waals surface area contributed by atoms with Gasteiger partial charge >= 0.3 is 0 Å². The van der Waals surface area contributed by atoms with Crippen molar-refractivity contribution >= 4 is 27.5 Å². The minimum Gasteiger partial charge on any atom is -0.493 e. The Kier molecular flexibility index (Phi) is 7.89. The Balaban J connectivity index is 2.04. The molecule has 0 saturated heterocycles. The summed E-state index contributed by atoms with van der Waals surface area (Å²) in [6.07, 6.45) is 2.37. The van der Waals surface area contributed by atoms with Crippen molar-refractivity contribution < 1.29 is 9.47 Å². The normalized spacial score (nSPS) is 10.7. The summed E-state index contributed by atoms with van der Waals surface area (Å²) in [6.45, 7) is 4.48. The highest BCUT2D eigenvalue weighted by atomic mass is 79.9. The summed E-state index contributed by atoms with van der Waals surface area (Å²) in [5.74, 6) is 1.44. The Morgan fingerprint density at radius 3 is 2.54 bits per heavy atom. The van der Waals surface area contributed by atoms with Crippen molar-refractivity contribution in [3.05, 3.63) is 57.0 Å². The molecule has 130 valence electrons. The van der Waals surface area contributed by atoms with E-state index in [0.29, 0.717) is 12.4 Å². The molecule has 2 aromatic rings. The lowest BCUT2D eigenvalue weighted by molar-refractivity contribution is 0.282. The molecule has 1 N–H and O–H groups in total. The second-order valence-electron chi connectivity index (χ2n) is 5.55. The molecule has 0 fully saturated rings. The minimum atomic E-state index is 0.459. The maximum absolute atomic E-state index is 5.95. The van der Waals surface area contributed by atoms with E-state index in [2.05, 4.69) is 34.2 Å². The molecule has 0 aliphatic rings. The average Bonchev–Trinajstić information content (AvgIpc) is 2.59. The van der Waals surface area contributed by atoms with Crippen LogP contribution in [0.4, 0.5) is 0 Å². The second-order valence-corrected chi connectivity index (χ2v) is 6.85. The predicted octanol–water partition coefficient (Wildman–Crippen LogP) is 5.58. The van der Waals surface area contributed by atoms with Crippen molar-refractivity contribution in [2.24, 2.45) is 0 Å². The molecule has 0 amide bonds. The summed E-state index contributed by atoms with van der Waals surface area (Å²) in [7, 11) is 1.66. The van der Waals surface area contributed by atoms with E-state index in [9.17, 15) is 0 Å². The highest BCUT2D eigenvalue weighted by Gasteiger charge is 2.12. The number of nitrogens with one attached hydrogen (secondary N) is 1. The fourth-order valence-corrected chi connectivity index (χ4v) is 3.02.